The minimum absolute atomic E-state index is 0.0666. The van der Waals surface area contributed by atoms with E-state index in [0.29, 0.717) is 15.7 Å². The van der Waals surface area contributed by atoms with Gasteiger partial charge in [-0.25, -0.2) is 4.99 Å². The molecule has 0 unspecified atom stereocenters. The van der Waals surface area contributed by atoms with Crippen LogP contribution in [0.3, 0.4) is 0 Å². The van der Waals surface area contributed by atoms with Crippen LogP contribution in [0.2, 0.25) is 10.0 Å². The van der Waals surface area contributed by atoms with Gasteiger partial charge in [-0.2, -0.15) is 13.4 Å². The number of rotatable bonds is 2. The largest absolute Gasteiger partial charge is 0.370 e. The van der Waals surface area contributed by atoms with Gasteiger partial charge in [0.1, 0.15) is 0 Å². The second-order valence-electron chi connectivity index (χ2n) is 4.87. The number of aryl methyl sites for hydroxylation is 1. The molecular weight excluding hydrogens is 401 g/mol. The predicted molar refractivity (Wildman–Crippen MR) is 105 cm³/mol. The summed E-state index contributed by atoms with van der Waals surface area (Å²) in [5, 5.41) is 0.684. The highest BCUT2D eigenvalue weighted by molar-refractivity contribution is 7.85. The normalized spacial score (nSPS) is 11.3. The van der Waals surface area contributed by atoms with Gasteiger partial charge < -0.3 is 17.2 Å². The summed E-state index contributed by atoms with van der Waals surface area (Å²) in [7, 11) is -4.02. The maximum absolute atomic E-state index is 10.5. The van der Waals surface area contributed by atoms with Gasteiger partial charge in [-0.1, -0.05) is 47.0 Å². The first-order valence-corrected chi connectivity index (χ1v) is 9.12. The van der Waals surface area contributed by atoms with Gasteiger partial charge in [-0.05, 0) is 31.2 Å². The van der Waals surface area contributed by atoms with Crippen molar-refractivity contribution in [2.75, 3.05) is 0 Å². The Balaban J connectivity index is 0.000000273. The minimum atomic E-state index is -4.02. The van der Waals surface area contributed by atoms with Crippen molar-refractivity contribution in [3.8, 4) is 0 Å². The Morgan fingerprint density at radius 1 is 1.04 bits per heavy atom. The zero-order valence-corrected chi connectivity index (χ0v) is 15.9. The van der Waals surface area contributed by atoms with Crippen LogP contribution < -0.4 is 17.2 Å². The fourth-order valence-electron chi connectivity index (χ4n) is 1.57. The molecule has 0 aliphatic heterocycles. The number of nitrogens with two attached hydrogens (primary N) is 3. The van der Waals surface area contributed by atoms with Crippen LogP contribution in [0.1, 0.15) is 5.56 Å². The Morgan fingerprint density at radius 2 is 1.62 bits per heavy atom. The molecule has 0 aliphatic carbocycles. The molecule has 8 nitrogen and oxygen atoms in total. The second-order valence-corrected chi connectivity index (χ2v) is 7.07. The van der Waals surface area contributed by atoms with Crippen molar-refractivity contribution in [3.05, 3.63) is 58.1 Å². The molecule has 0 spiro atoms. The fraction of sp³-hybridized carbons (Fsp3) is 0.0667. The van der Waals surface area contributed by atoms with Crippen LogP contribution in [0.15, 0.2) is 57.3 Å². The van der Waals surface area contributed by atoms with Gasteiger partial charge in [0.2, 0.25) is 5.96 Å². The van der Waals surface area contributed by atoms with Crippen LogP contribution in [0.4, 0.5) is 5.69 Å². The molecule has 0 radical (unpaired) electrons. The van der Waals surface area contributed by atoms with E-state index in [9.17, 15) is 8.42 Å². The summed E-state index contributed by atoms with van der Waals surface area (Å²) < 4.78 is 29.6. The van der Waals surface area contributed by atoms with Gasteiger partial charge in [0.15, 0.2) is 5.96 Å². The molecule has 0 amide bonds. The lowest BCUT2D eigenvalue weighted by Gasteiger charge is -2.00. The molecule has 2 rings (SSSR count). The zero-order valence-electron chi connectivity index (χ0n) is 13.6. The molecule has 0 fully saturated rings. The third-order valence-electron chi connectivity index (χ3n) is 2.73. The molecular formula is C15H17Cl2N5O3S. The molecule has 7 N–H and O–H groups in total. The van der Waals surface area contributed by atoms with E-state index in [1.54, 1.807) is 30.3 Å². The predicted octanol–water partition coefficient (Wildman–Crippen LogP) is 2.45. The van der Waals surface area contributed by atoms with Crippen LogP contribution in [0.25, 0.3) is 0 Å². The van der Waals surface area contributed by atoms with Gasteiger partial charge in [-0.15, -0.1) is 0 Å². The summed E-state index contributed by atoms with van der Waals surface area (Å²) in [6.45, 7) is 1.84. The van der Waals surface area contributed by atoms with E-state index >= 15 is 0 Å². The highest BCUT2D eigenvalue weighted by atomic mass is 35.5. The van der Waals surface area contributed by atoms with Crippen molar-refractivity contribution in [1.82, 2.24) is 0 Å². The molecule has 0 atom stereocenters. The third-order valence-corrected chi connectivity index (χ3v) is 4.41. The van der Waals surface area contributed by atoms with Crippen LogP contribution >= 0.6 is 23.2 Å². The average Bonchev–Trinajstić information content (AvgIpc) is 2.51. The third kappa shape index (κ3) is 7.28. The number of hydrogen-bond acceptors (Lipinski definition) is 3. The Hall–Kier alpha value is -2.33. The van der Waals surface area contributed by atoms with Crippen LogP contribution in [0.5, 0.6) is 0 Å². The maximum Gasteiger partial charge on any atom is 0.294 e. The fourth-order valence-corrected chi connectivity index (χ4v) is 2.39. The van der Waals surface area contributed by atoms with E-state index < -0.39 is 10.1 Å². The monoisotopic (exact) mass is 417 g/mol. The molecule has 0 bridgehead atoms. The lowest BCUT2D eigenvalue weighted by atomic mass is 10.2. The van der Waals surface area contributed by atoms with Crippen molar-refractivity contribution in [1.29, 1.82) is 0 Å². The Bertz CT molecular complexity index is 925. The standard InChI is InChI=1S/C8H9Cl2N5.C7H8O3S/c9-4-2-1-3-5(6(4)10)14-8(13)15-7(11)12;1-6-2-4-7(5-3-6)11(8,9)10/h1-3H,(H6,11,12,13,14,15);2-5H,1H3,(H,8,9,10). The number of nitrogens with zero attached hydrogens (tertiary/aromatic N) is 2. The maximum atomic E-state index is 10.5. The van der Waals surface area contributed by atoms with E-state index in [4.69, 9.17) is 45.0 Å². The van der Waals surface area contributed by atoms with Gasteiger partial charge in [-0.3, -0.25) is 4.55 Å². The van der Waals surface area contributed by atoms with Gasteiger partial charge in [0.05, 0.1) is 20.6 Å². The lowest BCUT2D eigenvalue weighted by molar-refractivity contribution is 0.483. The van der Waals surface area contributed by atoms with E-state index in [1.807, 2.05) is 6.92 Å². The molecule has 140 valence electrons. The Labute approximate surface area is 161 Å². The highest BCUT2D eigenvalue weighted by Crippen LogP contribution is 2.31. The molecule has 0 heterocycles. The summed E-state index contributed by atoms with van der Waals surface area (Å²) in [6.07, 6.45) is 0. The molecule has 0 saturated heterocycles. The summed E-state index contributed by atoms with van der Waals surface area (Å²) in [6, 6.07) is 11.0. The number of aliphatic imine (C=N–C) groups is 2. The van der Waals surface area contributed by atoms with Crippen LogP contribution in [0, 0.1) is 6.92 Å². The first kappa shape index (κ1) is 21.7. The molecule has 26 heavy (non-hydrogen) atoms. The number of halogens is 2. The molecule has 0 aromatic heterocycles. The van der Waals surface area contributed by atoms with E-state index in [1.165, 1.54) is 12.1 Å². The quantitative estimate of drug-likeness (QED) is 0.333. The topological polar surface area (TPSA) is 157 Å². The molecule has 2 aromatic carbocycles. The molecule has 2 aromatic rings. The summed E-state index contributed by atoms with van der Waals surface area (Å²) >= 11 is 11.6. The van der Waals surface area contributed by atoms with E-state index in [-0.39, 0.29) is 16.8 Å². The first-order valence-electron chi connectivity index (χ1n) is 6.92. The van der Waals surface area contributed by atoms with Crippen LogP contribution in [-0.4, -0.2) is 24.9 Å². The Kier molecular flexibility index (Phi) is 7.84. The van der Waals surface area contributed by atoms with Crippen LogP contribution in [-0.2, 0) is 10.1 Å². The first-order chi connectivity index (χ1) is 12.0. The summed E-state index contributed by atoms with van der Waals surface area (Å²) in [4.78, 5) is 7.37. The molecule has 0 aliphatic rings. The average molecular weight is 418 g/mol. The summed E-state index contributed by atoms with van der Waals surface area (Å²) in [5.41, 5.74) is 17.0. The van der Waals surface area contributed by atoms with E-state index in [2.05, 4.69) is 9.98 Å². The highest BCUT2D eigenvalue weighted by Gasteiger charge is 2.06. The number of benzene rings is 2. The molecule has 0 saturated carbocycles. The van der Waals surface area contributed by atoms with Gasteiger partial charge >= 0.3 is 0 Å². The van der Waals surface area contributed by atoms with Crippen molar-refractivity contribution in [2.45, 2.75) is 11.8 Å². The van der Waals surface area contributed by atoms with Crippen molar-refractivity contribution >= 4 is 50.9 Å². The van der Waals surface area contributed by atoms with Gasteiger partial charge in [0.25, 0.3) is 10.1 Å². The SMILES string of the molecule is Cc1ccc(S(=O)(=O)O)cc1.NC(N)=NC(N)=Nc1cccc(Cl)c1Cl. The summed E-state index contributed by atoms with van der Waals surface area (Å²) in [5.74, 6) is -0.256. The number of guanidine groups is 2. The van der Waals surface area contributed by atoms with Crippen molar-refractivity contribution in [2.24, 2.45) is 27.2 Å². The Morgan fingerprint density at radius 3 is 2.12 bits per heavy atom. The lowest BCUT2D eigenvalue weighted by Crippen LogP contribution is -2.26. The molecule has 11 heteroatoms. The number of hydrogen-bond donors (Lipinski definition) is 4. The second kappa shape index (κ2) is 9.39. The zero-order chi connectivity index (χ0) is 19.9. The van der Waals surface area contributed by atoms with E-state index in [0.717, 1.165) is 5.56 Å². The van der Waals surface area contributed by atoms with Gasteiger partial charge in [0, 0.05) is 0 Å². The van der Waals surface area contributed by atoms with Crippen molar-refractivity contribution < 1.29 is 13.0 Å². The smallest absolute Gasteiger partial charge is 0.294 e. The minimum Gasteiger partial charge on any atom is -0.370 e. The van der Waals surface area contributed by atoms with Crippen molar-refractivity contribution in [3.63, 3.8) is 0 Å².